The van der Waals surface area contributed by atoms with E-state index < -0.39 is 6.04 Å². The fourth-order valence-electron chi connectivity index (χ4n) is 0.819. The molecule has 0 spiro atoms. The number of hydrogen-bond acceptors (Lipinski definition) is 3. The molecule has 0 saturated carbocycles. The highest BCUT2D eigenvalue weighted by Crippen LogP contribution is 2.08. The Hall–Kier alpha value is -0.930. The molecule has 1 heterocycles. The second-order valence-corrected chi connectivity index (χ2v) is 2.91. The predicted molar refractivity (Wildman–Crippen MR) is 47.2 cm³/mol. The maximum atomic E-state index is 11.3. The van der Waals surface area contributed by atoms with Crippen molar-refractivity contribution in [3.05, 3.63) is 29.0 Å². The molecule has 0 fully saturated rings. The molecule has 0 amide bonds. The van der Waals surface area contributed by atoms with Gasteiger partial charge in [0.1, 0.15) is 5.15 Å². The second-order valence-electron chi connectivity index (χ2n) is 2.52. The van der Waals surface area contributed by atoms with Crippen LogP contribution < -0.4 is 5.73 Å². The molecule has 1 atom stereocenters. The van der Waals surface area contributed by atoms with Gasteiger partial charge in [0.15, 0.2) is 5.78 Å². The highest BCUT2D eigenvalue weighted by Gasteiger charge is 2.10. The van der Waals surface area contributed by atoms with E-state index in [-0.39, 0.29) is 5.78 Å². The van der Waals surface area contributed by atoms with Gasteiger partial charge in [0, 0.05) is 11.8 Å². The summed E-state index contributed by atoms with van der Waals surface area (Å²) in [6.07, 6.45) is 1.48. The van der Waals surface area contributed by atoms with Crippen molar-refractivity contribution in [2.24, 2.45) is 5.73 Å². The fraction of sp³-hybridized carbons (Fsp3) is 0.250. The van der Waals surface area contributed by atoms with E-state index in [1.54, 1.807) is 13.0 Å². The maximum Gasteiger partial charge on any atom is 0.179 e. The van der Waals surface area contributed by atoms with Gasteiger partial charge in [-0.25, -0.2) is 4.98 Å². The first-order chi connectivity index (χ1) is 5.61. The van der Waals surface area contributed by atoms with E-state index in [2.05, 4.69) is 4.98 Å². The van der Waals surface area contributed by atoms with Gasteiger partial charge in [0.05, 0.1) is 6.04 Å². The Kier molecular flexibility index (Phi) is 2.78. The lowest BCUT2D eigenvalue weighted by atomic mass is 10.1. The minimum Gasteiger partial charge on any atom is -0.321 e. The molecule has 1 aromatic rings. The van der Waals surface area contributed by atoms with Gasteiger partial charge in [-0.05, 0) is 19.1 Å². The van der Waals surface area contributed by atoms with Crippen LogP contribution in [0.4, 0.5) is 0 Å². The van der Waals surface area contributed by atoms with Gasteiger partial charge in [-0.15, -0.1) is 0 Å². The van der Waals surface area contributed by atoms with Crippen LogP contribution in [0.5, 0.6) is 0 Å². The van der Waals surface area contributed by atoms with Crippen LogP contribution in [0.2, 0.25) is 5.15 Å². The molecule has 12 heavy (non-hydrogen) atoms. The Morgan fingerprint density at radius 1 is 1.75 bits per heavy atom. The maximum absolute atomic E-state index is 11.3. The Morgan fingerprint density at radius 3 is 2.92 bits per heavy atom. The van der Waals surface area contributed by atoms with Crippen molar-refractivity contribution in [3.8, 4) is 0 Å². The second kappa shape index (κ2) is 3.65. The standard InChI is InChI=1S/C8H9ClN2O/c1-5(10)8(12)6-2-3-11-7(9)4-6/h2-5H,10H2,1H3. The number of ketones is 1. The number of Topliss-reactive ketones (excluding diaryl/α,β-unsaturated/α-hetero) is 1. The molecule has 0 aliphatic rings. The summed E-state index contributed by atoms with van der Waals surface area (Å²) in [5.74, 6) is -0.126. The van der Waals surface area contributed by atoms with Gasteiger partial charge in [-0.1, -0.05) is 11.6 Å². The zero-order valence-corrected chi connectivity index (χ0v) is 7.38. The molecule has 0 saturated heterocycles. The third kappa shape index (κ3) is 2.03. The summed E-state index contributed by atoms with van der Waals surface area (Å²) in [7, 11) is 0. The van der Waals surface area contributed by atoms with Gasteiger partial charge in [0.2, 0.25) is 0 Å². The highest BCUT2D eigenvalue weighted by molar-refractivity contribution is 6.29. The van der Waals surface area contributed by atoms with E-state index in [1.165, 1.54) is 12.3 Å². The summed E-state index contributed by atoms with van der Waals surface area (Å²) >= 11 is 5.59. The number of carbonyl (C=O) groups excluding carboxylic acids is 1. The summed E-state index contributed by atoms with van der Waals surface area (Å²) in [4.78, 5) is 15.0. The average molecular weight is 185 g/mol. The van der Waals surface area contributed by atoms with Gasteiger partial charge in [0.25, 0.3) is 0 Å². The van der Waals surface area contributed by atoms with E-state index in [9.17, 15) is 4.79 Å². The summed E-state index contributed by atoms with van der Waals surface area (Å²) < 4.78 is 0. The van der Waals surface area contributed by atoms with Crippen LogP contribution in [0.3, 0.4) is 0 Å². The quantitative estimate of drug-likeness (QED) is 0.556. The van der Waals surface area contributed by atoms with Crippen LogP contribution in [0.1, 0.15) is 17.3 Å². The van der Waals surface area contributed by atoms with Crippen molar-refractivity contribution >= 4 is 17.4 Å². The van der Waals surface area contributed by atoms with Crippen molar-refractivity contribution in [1.82, 2.24) is 4.98 Å². The first kappa shape index (κ1) is 9.16. The number of aromatic nitrogens is 1. The van der Waals surface area contributed by atoms with Crippen LogP contribution in [0.15, 0.2) is 18.3 Å². The third-order valence-corrected chi connectivity index (χ3v) is 1.63. The van der Waals surface area contributed by atoms with E-state index in [4.69, 9.17) is 17.3 Å². The first-order valence-corrected chi connectivity index (χ1v) is 3.90. The van der Waals surface area contributed by atoms with Gasteiger partial charge < -0.3 is 5.73 Å². The molecular formula is C8H9ClN2O. The molecule has 0 radical (unpaired) electrons. The van der Waals surface area contributed by atoms with Crippen LogP contribution in [0.25, 0.3) is 0 Å². The number of nitrogens with zero attached hydrogens (tertiary/aromatic N) is 1. The lowest BCUT2D eigenvalue weighted by Crippen LogP contribution is -2.26. The lowest BCUT2D eigenvalue weighted by molar-refractivity contribution is 0.0968. The van der Waals surface area contributed by atoms with E-state index in [1.807, 2.05) is 0 Å². The van der Waals surface area contributed by atoms with Crippen molar-refractivity contribution in [2.45, 2.75) is 13.0 Å². The summed E-state index contributed by atoms with van der Waals surface area (Å²) in [6, 6.07) is 2.61. The van der Waals surface area contributed by atoms with E-state index in [0.717, 1.165) is 0 Å². The number of pyridine rings is 1. The van der Waals surface area contributed by atoms with Crippen LogP contribution in [0, 0.1) is 0 Å². The lowest BCUT2D eigenvalue weighted by Gasteiger charge is -2.03. The van der Waals surface area contributed by atoms with Crippen LogP contribution in [-0.2, 0) is 0 Å². The number of nitrogens with two attached hydrogens (primary N) is 1. The topological polar surface area (TPSA) is 56.0 Å². The Bertz CT molecular complexity index is 299. The minimum atomic E-state index is -0.497. The van der Waals surface area contributed by atoms with Crippen LogP contribution >= 0.6 is 11.6 Å². The summed E-state index contributed by atoms with van der Waals surface area (Å²) in [5, 5.41) is 0.307. The monoisotopic (exact) mass is 184 g/mol. The molecule has 1 unspecified atom stereocenters. The van der Waals surface area contributed by atoms with Crippen molar-refractivity contribution in [2.75, 3.05) is 0 Å². The molecule has 0 bridgehead atoms. The number of rotatable bonds is 2. The molecule has 1 rings (SSSR count). The van der Waals surface area contributed by atoms with Gasteiger partial charge >= 0.3 is 0 Å². The Morgan fingerprint density at radius 2 is 2.42 bits per heavy atom. The van der Waals surface area contributed by atoms with E-state index in [0.29, 0.717) is 10.7 Å². The molecule has 64 valence electrons. The van der Waals surface area contributed by atoms with Crippen molar-refractivity contribution in [1.29, 1.82) is 0 Å². The smallest absolute Gasteiger partial charge is 0.179 e. The average Bonchev–Trinajstić information content (AvgIpc) is 2.03. The van der Waals surface area contributed by atoms with Crippen molar-refractivity contribution < 1.29 is 4.79 Å². The fourth-order valence-corrected chi connectivity index (χ4v) is 0.993. The molecule has 1 aromatic heterocycles. The SMILES string of the molecule is CC(N)C(=O)c1ccnc(Cl)c1. The number of halogens is 1. The molecule has 0 aromatic carbocycles. The highest BCUT2D eigenvalue weighted by atomic mass is 35.5. The Labute approximate surface area is 75.6 Å². The van der Waals surface area contributed by atoms with E-state index >= 15 is 0 Å². The minimum absolute atomic E-state index is 0.126. The summed E-state index contributed by atoms with van der Waals surface area (Å²) in [6.45, 7) is 1.64. The third-order valence-electron chi connectivity index (χ3n) is 1.42. The van der Waals surface area contributed by atoms with Gasteiger partial charge in [-0.2, -0.15) is 0 Å². The van der Waals surface area contributed by atoms with Crippen LogP contribution in [-0.4, -0.2) is 16.8 Å². The zero-order valence-electron chi connectivity index (χ0n) is 6.62. The first-order valence-electron chi connectivity index (χ1n) is 3.52. The van der Waals surface area contributed by atoms with Crippen molar-refractivity contribution in [3.63, 3.8) is 0 Å². The predicted octanol–water partition coefficient (Wildman–Crippen LogP) is 1.26. The number of carbonyl (C=O) groups is 1. The molecule has 0 aliphatic heterocycles. The molecule has 0 aliphatic carbocycles. The molecule has 3 nitrogen and oxygen atoms in total. The zero-order chi connectivity index (χ0) is 9.14. The summed E-state index contributed by atoms with van der Waals surface area (Å²) in [5.41, 5.74) is 5.91. The largest absolute Gasteiger partial charge is 0.321 e. The molecular weight excluding hydrogens is 176 g/mol. The Balaban J connectivity index is 2.96. The normalized spacial score (nSPS) is 12.6. The van der Waals surface area contributed by atoms with Gasteiger partial charge in [-0.3, -0.25) is 4.79 Å². The number of hydrogen-bond donors (Lipinski definition) is 1. The molecule has 2 N–H and O–H groups in total. The molecule has 4 heteroatoms.